The van der Waals surface area contributed by atoms with Crippen LogP contribution in [-0.4, -0.2) is 6.69 Å². The number of halogens is 2. The van der Waals surface area contributed by atoms with Gasteiger partial charge in [0.2, 0.25) is 0 Å². The number of benzene rings is 1. The van der Waals surface area contributed by atoms with Crippen LogP contribution in [-0.2, 0) is 0 Å². The fourth-order valence-corrected chi connectivity index (χ4v) is 0.752. The van der Waals surface area contributed by atoms with E-state index in [-0.39, 0.29) is 5.82 Å². The Morgan fingerprint density at radius 1 is 1.22 bits per heavy atom. The van der Waals surface area contributed by atoms with Gasteiger partial charge in [0.1, 0.15) is 5.82 Å². The van der Waals surface area contributed by atoms with Crippen LogP contribution >= 0.6 is 11.5 Å². The van der Waals surface area contributed by atoms with E-state index in [9.17, 15) is 4.39 Å². The van der Waals surface area contributed by atoms with Gasteiger partial charge >= 0.3 is 0 Å². The zero-order chi connectivity index (χ0) is 6.69. The highest BCUT2D eigenvalue weighted by molar-refractivity contribution is 7.01. The molecule has 0 atom stereocenters. The Morgan fingerprint density at radius 3 is 2.22 bits per heavy atom. The summed E-state index contributed by atoms with van der Waals surface area (Å²) in [6, 6.07) is 6.14. The second-order valence-electron chi connectivity index (χ2n) is 1.76. The molecule has 0 bridgehead atoms. The molecular weight excluding hydrogens is 137 g/mol. The van der Waals surface area contributed by atoms with Gasteiger partial charge in [-0.05, 0) is 12.1 Å². The number of rotatable bonds is 1. The molecule has 0 amide bonds. The van der Waals surface area contributed by atoms with Gasteiger partial charge < -0.3 is 0 Å². The van der Waals surface area contributed by atoms with Crippen LogP contribution in [0.25, 0.3) is 0 Å². The van der Waals surface area contributed by atoms with Crippen molar-refractivity contribution in [2.45, 2.75) is 0 Å². The molecule has 1 aromatic rings. The Kier molecular flexibility index (Phi) is 2.12. The van der Waals surface area contributed by atoms with Crippen molar-refractivity contribution in [2.24, 2.45) is 0 Å². The molecule has 0 spiro atoms. The lowest BCUT2D eigenvalue weighted by atomic mass is 9.95. The summed E-state index contributed by atoms with van der Waals surface area (Å²) >= 11 is 5.46. The van der Waals surface area contributed by atoms with Crippen LogP contribution in [0, 0.1) is 5.82 Å². The summed E-state index contributed by atoms with van der Waals surface area (Å²) < 4.78 is 12.2. The van der Waals surface area contributed by atoms with E-state index in [2.05, 4.69) is 0 Å². The summed E-state index contributed by atoms with van der Waals surface area (Å²) in [6.07, 6.45) is 0. The molecule has 9 heavy (non-hydrogen) atoms. The Morgan fingerprint density at radius 2 is 1.78 bits per heavy atom. The summed E-state index contributed by atoms with van der Waals surface area (Å²) in [6.45, 7) is 0.445. The van der Waals surface area contributed by atoms with E-state index in [1.807, 2.05) is 0 Å². The molecule has 0 aliphatic heterocycles. The first-order valence-electron chi connectivity index (χ1n) is 2.63. The first-order valence-corrected chi connectivity index (χ1v) is 3.17. The minimum Gasteiger partial charge on any atom is -0.207 e. The fraction of sp³-hybridized carbons (Fsp3) is 0. The lowest BCUT2D eigenvalue weighted by molar-refractivity contribution is 0.628. The van der Waals surface area contributed by atoms with Crippen LogP contribution in [0.4, 0.5) is 4.39 Å². The molecule has 0 N–H and O–H groups in total. The molecule has 0 aromatic heterocycles. The number of hydrogen-bond donors (Lipinski definition) is 0. The zero-order valence-corrected chi connectivity index (χ0v) is 5.53. The van der Waals surface area contributed by atoms with E-state index in [4.69, 9.17) is 11.5 Å². The van der Waals surface area contributed by atoms with Gasteiger partial charge in [-0.15, -0.1) is 0 Å². The van der Waals surface area contributed by atoms with Crippen molar-refractivity contribution in [1.82, 2.24) is 0 Å². The average molecular weight is 142 g/mol. The highest BCUT2D eigenvalue weighted by atomic mass is 35.5. The van der Waals surface area contributed by atoms with Crippen LogP contribution in [0.2, 0.25) is 0 Å². The molecule has 0 aliphatic carbocycles. The first kappa shape index (κ1) is 6.62. The molecule has 0 saturated heterocycles. The van der Waals surface area contributed by atoms with Gasteiger partial charge in [0, 0.05) is 0 Å². The van der Waals surface area contributed by atoms with Crippen molar-refractivity contribution in [3.8, 4) is 0 Å². The van der Waals surface area contributed by atoms with E-state index >= 15 is 0 Å². The summed E-state index contributed by atoms with van der Waals surface area (Å²) in [7, 11) is 0. The molecular formula is C6H5BClF. The predicted octanol–water partition coefficient (Wildman–Crippen LogP) is 1.04. The largest absolute Gasteiger partial charge is 0.265 e. The maximum atomic E-state index is 12.2. The third kappa shape index (κ3) is 1.72. The quantitative estimate of drug-likeness (QED) is 0.514. The second-order valence-corrected chi connectivity index (χ2v) is 2.03. The Bertz CT molecular complexity index is 185. The van der Waals surface area contributed by atoms with Crippen LogP contribution in [0.5, 0.6) is 0 Å². The van der Waals surface area contributed by atoms with Gasteiger partial charge in [0.05, 0.1) is 0 Å². The highest BCUT2D eigenvalue weighted by Crippen LogP contribution is 1.91. The fourth-order valence-electron chi connectivity index (χ4n) is 0.573. The molecule has 1 rings (SSSR count). The average Bonchev–Trinajstić information content (AvgIpc) is 1.90. The van der Waals surface area contributed by atoms with Gasteiger partial charge in [-0.25, -0.2) is 4.39 Å². The molecule has 0 fully saturated rings. The first-order chi connectivity index (χ1) is 4.33. The molecule has 3 heteroatoms. The van der Waals surface area contributed by atoms with Crippen molar-refractivity contribution in [1.29, 1.82) is 0 Å². The third-order valence-electron chi connectivity index (χ3n) is 1.07. The van der Waals surface area contributed by atoms with Gasteiger partial charge in [-0.1, -0.05) is 17.6 Å². The van der Waals surface area contributed by atoms with Crippen LogP contribution in [0.15, 0.2) is 24.3 Å². The summed E-state index contributed by atoms with van der Waals surface area (Å²) in [5.41, 5.74) is 0.943. The topological polar surface area (TPSA) is 0 Å². The molecule has 0 unspecified atom stereocenters. The van der Waals surface area contributed by atoms with Crippen LogP contribution in [0.1, 0.15) is 0 Å². The van der Waals surface area contributed by atoms with Gasteiger partial charge in [-0.2, -0.15) is 11.5 Å². The molecule has 0 saturated carbocycles. The minimum absolute atomic E-state index is 0.219. The molecule has 46 valence electrons. The van der Waals surface area contributed by atoms with Crippen molar-refractivity contribution in [3.63, 3.8) is 0 Å². The van der Waals surface area contributed by atoms with E-state index in [0.717, 1.165) is 5.46 Å². The predicted molar refractivity (Wildman–Crippen MR) is 39.0 cm³/mol. The van der Waals surface area contributed by atoms with Gasteiger partial charge in [0.15, 0.2) is 0 Å². The van der Waals surface area contributed by atoms with Crippen molar-refractivity contribution < 1.29 is 4.39 Å². The molecule has 0 nitrogen and oxygen atoms in total. The third-order valence-corrected chi connectivity index (χ3v) is 1.38. The molecule has 0 radical (unpaired) electrons. The summed E-state index contributed by atoms with van der Waals surface area (Å²) in [4.78, 5) is 0. The Hall–Kier alpha value is -0.495. The van der Waals surface area contributed by atoms with Crippen molar-refractivity contribution >= 4 is 23.6 Å². The minimum atomic E-state index is -0.219. The lowest BCUT2D eigenvalue weighted by Gasteiger charge is -1.89. The van der Waals surface area contributed by atoms with Crippen LogP contribution in [0.3, 0.4) is 0 Å². The van der Waals surface area contributed by atoms with E-state index in [1.54, 1.807) is 12.1 Å². The molecule has 0 heterocycles. The summed E-state index contributed by atoms with van der Waals surface area (Å²) in [5.74, 6) is -0.219. The second kappa shape index (κ2) is 2.88. The van der Waals surface area contributed by atoms with Gasteiger partial charge in [-0.3, -0.25) is 0 Å². The number of hydrogen-bond acceptors (Lipinski definition) is 0. The molecule has 0 aliphatic rings. The Labute approximate surface area is 58.8 Å². The standard InChI is InChI=1S/C6H5BClF/c8-7-5-1-3-6(9)4-2-5/h1-4,7H. The SMILES string of the molecule is Fc1ccc(BCl)cc1. The van der Waals surface area contributed by atoms with Crippen molar-refractivity contribution in [2.75, 3.05) is 0 Å². The zero-order valence-electron chi connectivity index (χ0n) is 4.77. The monoisotopic (exact) mass is 142 g/mol. The van der Waals surface area contributed by atoms with Crippen molar-refractivity contribution in [3.05, 3.63) is 30.1 Å². The smallest absolute Gasteiger partial charge is 0.207 e. The molecule has 1 aromatic carbocycles. The van der Waals surface area contributed by atoms with E-state index < -0.39 is 0 Å². The maximum Gasteiger partial charge on any atom is 0.265 e. The Balaban J connectivity index is 2.88. The van der Waals surface area contributed by atoms with E-state index in [1.165, 1.54) is 12.1 Å². The van der Waals surface area contributed by atoms with Crippen LogP contribution < -0.4 is 5.46 Å². The normalized spacial score (nSPS) is 9.11. The highest BCUT2D eigenvalue weighted by Gasteiger charge is 1.90. The maximum absolute atomic E-state index is 12.2. The summed E-state index contributed by atoms with van der Waals surface area (Å²) in [5, 5.41) is 0. The van der Waals surface area contributed by atoms with E-state index in [0.29, 0.717) is 6.69 Å². The lowest BCUT2D eigenvalue weighted by Crippen LogP contribution is -2.06. The van der Waals surface area contributed by atoms with Gasteiger partial charge in [0.25, 0.3) is 6.69 Å².